The van der Waals surface area contributed by atoms with Crippen LogP contribution in [0.5, 0.6) is 0 Å². The summed E-state index contributed by atoms with van der Waals surface area (Å²) in [4.78, 5) is 14.2. The maximum atomic E-state index is 12.3. The number of rotatable bonds is 4. The van der Waals surface area contributed by atoms with Gasteiger partial charge in [-0.1, -0.05) is 13.3 Å². The highest BCUT2D eigenvalue weighted by Crippen LogP contribution is 2.29. The fourth-order valence-electron chi connectivity index (χ4n) is 4.02. The highest BCUT2D eigenvalue weighted by atomic mass is 16.6. The van der Waals surface area contributed by atoms with E-state index in [1.165, 1.54) is 32.1 Å². The molecule has 4 nitrogen and oxygen atoms in total. The molecule has 0 aromatic rings. The number of ether oxygens (including phenoxy) is 1. The van der Waals surface area contributed by atoms with E-state index in [9.17, 15) is 4.79 Å². The highest BCUT2D eigenvalue weighted by Gasteiger charge is 2.32. The first kappa shape index (κ1) is 18.6. The van der Waals surface area contributed by atoms with E-state index < -0.39 is 5.60 Å². The molecule has 0 aromatic carbocycles. The maximum Gasteiger partial charge on any atom is 0.410 e. The summed E-state index contributed by atoms with van der Waals surface area (Å²) in [5.74, 6) is 1.45. The second kappa shape index (κ2) is 7.87. The maximum absolute atomic E-state index is 12.3. The van der Waals surface area contributed by atoms with E-state index in [4.69, 9.17) is 4.74 Å². The minimum atomic E-state index is -0.410. The van der Waals surface area contributed by atoms with Gasteiger partial charge in [-0.25, -0.2) is 4.79 Å². The van der Waals surface area contributed by atoms with Gasteiger partial charge in [-0.2, -0.15) is 0 Å². The number of likely N-dealkylation sites (tertiary alicyclic amines) is 1. The van der Waals surface area contributed by atoms with Crippen molar-refractivity contribution in [2.24, 2.45) is 11.8 Å². The van der Waals surface area contributed by atoms with Crippen molar-refractivity contribution < 1.29 is 9.53 Å². The molecule has 2 fully saturated rings. The Bertz CT molecular complexity index is 391. The molecule has 134 valence electrons. The van der Waals surface area contributed by atoms with Gasteiger partial charge in [-0.15, -0.1) is 0 Å². The second-order valence-electron chi connectivity index (χ2n) is 8.57. The Morgan fingerprint density at radius 3 is 2.65 bits per heavy atom. The van der Waals surface area contributed by atoms with Gasteiger partial charge in [0.25, 0.3) is 0 Å². The second-order valence-corrected chi connectivity index (χ2v) is 8.57. The van der Waals surface area contributed by atoms with Crippen molar-refractivity contribution in [1.29, 1.82) is 0 Å². The first-order valence-electron chi connectivity index (χ1n) is 9.52. The third-order valence-electron chi connectivity index (χ3n) is 5.43. The predicted molar refractivity (Wildman–Crippen MR) is 94.5 cm³/mol. The van der Waals surface area contributed by atoms with Crippen LogP contribution in [0.2, 0.25) is 0 Å². The van der Waals surface area contributed by atoms with Gasteiger partial charge in [0, 0.05) is 25.2 Å². The van der Waals surface area contributed by atoms with Crippen LogP contribution in [-0.4, -0.2) is 41.8 Å². The molecule has 4 heteroatoms. The van der Waals surface area contributed by atoms with Crippen LogP contribution in [0.25, 0.3) is 0 Å². The SMILES string of the molecule is CCC1CCC(NC(C)C2CCCN(C(=O)OC(C)(C)C)C2)C1. The molecule has 1 heterocycles. The quantitative estimate of drug-likeness (QED) is 0.843. The zero-order valence-corrected chi connectivity index (χ0v) is 15.7. The number of nitrogens with one attached hydrogen (secondary N) is 1. The standard InChI is InChI=1S/C19H36N2O2/c1-6-15-9-10-17(12-15)20-14(2)16-8-7-11-21(13-16)18(22)23-19(3,4)5/h14-17,20H,6-13H2,1-5H3. The van der Waals surface area contributed by atoms with Crippen molar-refractivity contribution in [3.05, 3.63) is 0 Å². The van der Waals surface area contributed by atoms with E-state index in [0.29, 0.717) is 18.0 Å². The molecule has 4 atom stereocenters. The molecule has 1 N–H and O–H groups in total. The zero-order valence-electron chi connectivity index (χ0n) is 15.7. The molecule has 1 amide bonds. The van der Waals surface area contributed by atoms with Crippen LogP contribution in [0.1, 0.15) is 73.1 Å². The lowest BCUT2D eigenvalue weighted by Gasteiger charge is -2.37. The first-order chi connectivity index (χ1) is 10.8. The summed E-state index contributed by atoms with van der Waals surface area (Å²) in [6.45, 7) is 12.0. The van der Waals surface area contributed by atoms with Crippen molar-refractivity contribution in [2.75, 3.05) is 13.1 Å². The topological polar surface area (TPSA) is 41.6 Å². The van der Waals surface area contributed by atoms with Crippen LogP contribution in [0, 0.1) is 11.8 Å². The lowest BCUT2D eigenvalue weighted by Crippen LogP contribution is -2.49. The Kier molecular flexibility index (Phi) is 6.35. The van der Waals surface area contributed by atoms with E-state index in [0.717, 1.165) is 25.4 Å². The van der Waals surface area contributed by atoms with Crippen LogP contribution in [-0.2, 0) is 4.74 Å². The van der Waals surface area contributed by atoms with Crippen molar-refractivity contribution in [1.82, 2.24) is 10.2 Å². The Hall–Kier alpha value is -0.770. The fourth-order valence-corrected chi connectivity index (χ4v) is 4.02. The Morgan fingerprint density at radius 2 is 2.04 bits per heavy atom. The van der Waals surface area contributed by atoms with Crippen molar-refractivity contribution in [3.63, 3.8) is 0 Å². The summed E-state index contributed by atoms with van der Waals surface area (Å²) in [6, 6.07) is 1.15. The smallest absolute Gasteiger partial charge is 0.410 e. The van der Waals surface area contributed by atoms with E-state index >= 15 is 0 Å². The van der Waals surface area contributed by atoms with Gasteiger partial charge >= 0.3 is 6.09 Å². The highest BCUT2D eigenvalue weighted by molar-refractivity contribution is 5.68. The lowest BCUT2D eigenvalue weighted by molar-refractivity contribution is 0.0146. The van der Waals surface area contributed by atoms with Crippen LogP contribution in [0.3, 0.4) is 0 Å². The van der Waals surface area contributed by atoms with Gasteiger partial charge < -0.3 is 15.0 Å². The van der Waals surface area contributed by atoms with Gasteiger partial charge in [0.05, 0.1) is 0 Å². The number of amides is 1. The molecular formula is C19H36N2O2. The van der Waals surface area contributed by atoms with Crippen molar-refractivity contribution in [3.8, 4) is 0 Å². The zero-order chi connectivity index (χ0) is 17.0. The number of piperidine rings is 1. The Morgan fingerprint density at radius 1 is 1.30 bits per heavy atom. The average molecular weight is 325 g/mol. The molecule has 2 aliphatic rings. The van der Waals surface area contributed by atoms with Gasteiger partial charge in [-0.05, 0) is 71.6 Å². The number of carbonyl (C=O) groups excluding carboxylic acids is 1. The van der Waals surface area contributed by atoms with Crippen molar-refractivity contribution >= 4 is 6.09 Å². The van der Waals surface area contributed by atoms with Gasteiger partial charge in [-0.3, -0.25) is 0 Å². The summed E-state index contributed by atoms with van der Waals surface area (Å²) >= 11 is 0. The Labute approximate surface area is 142 Å². The molecule has 23 heavy (non-hydrogen) atoms. The summed E-state index contributed by atoms with van der Waals surface area (Å²) in [5, 5.41) is 3.84. The molecule has 4 unspecified atom stereocenters. The molecule has 1 saturated heterocycles. The van der Waals surface area contributed by atoms with Crippen LogP contribution < -0.4 is 5.32 Å². The third kappa shape index (κ3) is 5.66. The molecule has 0 radical (unpaired) electrons. The summed E-state index contributed by atoms with van der Waals surface area (Å²) < 4.78 is 5.53. The molecule has 2 rings (SSSR count). The van der Waals surface area contributed by atoms with Crippen LogP contribution in [0.15, 0.2) is 0 Å². The van der Waals surface area contributed by atoms with Crippen LogP contribution in [0.4, 0.5) is 4.79 Å². The number of carbonyl (C=O) groups is 1. The first-order valence-corrected chi connectivity index (χ1v) is 9.52. The van der Waals surface area contributed by atoms with E-state index in [1.807, 2.05) is 25.7 Å². The summed E-state index contributed by atoms with van der Waals surface area (Å²) in [6.07, 6.45) is 7.45. The molecule has 1 aliphatic heterocycles. The molecule has 1 aliphatic carbocycles. The van der Waals surface area contributed by atoms with E-state index in [2.05, 4.69) is 19.2 Å². The monoisotopic (exact) mass is 324 g/mol. The summed E-state index contributed by atoms with van der Waals surface area (Å²) in [5.41, 5.74) is -0.410. The summed E-state index contributed by atoms with van der Waals surface area (Å²) in [7, 11) is 0. The van der Waals surface area contributed by atoms with Crippen molar-refractivity contribution in [2.45, 2.75) is 90.8 Å². The van der Waals surface area contributed by atoms with Crippen LogP contribution >= 0.6 is 0 Å². The normalized spacial score (nSPS) is 30.3. The number of hydrogen-bond acceptors (Lipinski definition) is 3. The average Bonchev–Trinajstić information content (AvgIpc) is 2.93. The Balaban J connectivity index is 1.82. The molecular weight excluding hydrogens is 288 g/mol. The van der Waals surface area contributed by atoms with Gasteiger partial charge in [0.2, 0.25) is 0 Å². The third-order valence-corrected chi connectivity index (χ3v) is 5.43. The minimum Gasteiger partial charge on any atom is -0.444 e. The largest absolute Gasteiger partial charge is 0.444 e. The molecule has 0 spiro atoms. The van der Waals surface area contributed by atoms with Gasteiger partial charge in [0.1, 0.15) is 5.60 Å². The number of nitrogens with zero attached hydrogens (tertiary/aromatic N) is 1. The minimum absolute atomic E-state index is 0.152. The molecule has 1 saturated carbocycles. The number of hydrogen-bond donors (Lipinski definition) is 1. The predicted octanol–water partition coefficient (Wildman–Crippen LogP) is 4.19. The molecule has 0 aromatic heterocycles. The lowest BCUT2D eigenvalue weighted by atomic mass is 9.91. The molecule has 0 bridgehead atoms. The fraction of sp³-hybridized carbons (Fsp3) is 0.947. The van der Waals surface area contributed by atoms with Gasteiger partial charge in [0.15, 0.2) is 0 Å². The van der Waals surface area contributed by atoms with E-state index in [-0.39, 0.29) is 6.09 Å². The van der Waals surface area contributed by atoms with E-state index in [1.54, 1.807) is 0 Å².